The van der Waals surface area contributed by atoms with Gasteiger partial charge in [-0.1, -0.05) is 13.8 Å². The highest BCUT2D eigenvalue weighted by atomic mass is 19.4. The van der Waals surface area contributed by atoms with Crippen molar-refractivity contribution in [3.05, 3.63) is 24.0 Å². The molecule has 0 spiro atoms. The first-order valence-corrected chi connectivity index (χ1v) is 7.08. The number of hydrogen-bond acceptors (Lipinski definition) is 3. The average molecular weight is 330 g/mol. The molecule has 1 atom stereocenters. The van der Waals surface area contributed by atoms with Gasteiger partial charge in [0.1, 0.15) is 11.7 Å². The molecule has 23 heavy (non-hydrogen) atoms. The van der Waals surface area contributed by atoms with E-state index in [1.54, 1.807) is 0 Å². The van der Waals surface area contributed by atoms with Gasteiger partial charge < -0.3 is 15.5 Å². The van der Waals surface area contributed by atoms with Gasteiger partial charge in [-0.2, -0.15) is 13.2 Å². The predicted octanol–water partition coefficient (Wildman–Crippen LogP) is 2.09. The van der Waals surface area contributed by atoms with E-state index < -0.39 is 23.9 Å². The Labute approximate surface area is 131 Å². The second-order valence-corrected chi connectivity index (χ2v) is 5.53. The van der Waals surface area contributed by atoms with Crippen LogP contribution in [0.1, 0.15) is 19.5 Å². The highest BCUT2D eigenvalue weighted by Gasteiger charge is 2.35. The minimum atomic E-state index is -4.53. The van der Waals surface area contributed by atoms with E-state index in [2.05, 4.69) is 15.6 Å². The Morgan fingerprint density at radius 2 is 2.13 bits per heavy atom. The van der Waals surface area contributed by atoms with E-state index in [4.69, 9.17) is 0 Å². The lowest BCUT2D eigenvalue weighted by Gasteiger charge is -2.37. The molecule has 0 radical (unpaired) electrons. The molecule has 1 fully saturated rings. The van der Waals surface area contributed by atoms with E-state index in [1.165, 1.54) is 4.90 Å². The molecular weight excluding hydrogens is 313 g/mol. The van der Waals surface area contributed by atoms with Crippen LogP contribution in [0.25, 0.3) is 0 Å². The molecule has 9 heteroatoms. The highest BCUT2D eigenvalue weighted by molar-refractivity contribution is 5.94. The van der Waals surface area contributed by atoms with Crippen molar-refractivity contribution < 1.29 is 22.8 Å². The number of piperazine rings is 1. The summed E-state index contributed by atoms with van der Waals surface area (Å²) in [5.41, 5.74) is -0.899. The summed E-state index contributed by atoms with van der Waals surface area (Å²) in [6.45, 7) is 4.29. The highest BCUT2D eigenvalue weighted by Crippen LogP contribution is 2.28. The minimum absolute atomic E-state index is 0.0909. The number of nitrogens with one attached hydrogen (secondary N) is 2. The summed E-state index contributed by atoms with van der Waals surface area (Å²) in [6, 6.07) is 0.756. The minimum Gasteiger partial charge on any atom is -0.353 e. The summed E-state index contributed by atoms with van der Waals surface area (Å²) in [5, 5.41) is 5.16. The number of alkyl halides is 3. The van der Waals surface area contributed by atoms with E-state index in [0.29, 0.717) is 13.1 Å². The molecular formula is C14H17F3N4O2. The van der Waals surface area contributed by atoms with Gasteiger partial charge in [0.2, 0.25) is 5.91 Å². The standard InChI is InChI=1S/C14H17F3N4O2/c1-8(2)11-12(22)18-5-6-21(11)13(23)20-9-3-4-10(19-7-9)14(15,16)17/h3-4,7-8,11H,5-6H2,1-2H3,(H,18,22)(H,20,23). The fourth-order valence-corrected chi connectivity index (χ4v) is 2.41. The van der Waals surface area contributed by atoms with Gasteiger partial charge in [0.25, 0.3) is 0 Å². The molecule has 1 aromatic rings. The molecule has 6 nitrogen and oxygen atoms in total. The fraction of sp³-hybridized carbons (Fsp3) is 0.500. The van der Waals surface area contributed by atoms with Crippen molar-refractivity contribution in [2.24, 2.45) is 5.92 Å². The maximum atomic E-state index is 12.5. The number of aromatic nitrogens is 1. The molecule has 0 aliphatic carbocycles. The number of carbonyl (C=O) groups excluding carboxylic acids is 2. The third-order valence-corrected chi connectivity index (χ3v) is 3.45. The molecule has 1 aliphatic heterocycles. The number of carbonyl (C=O) groups is 2. The quantitative estimate of drug-likeness (QED) is 0.872. The van der Waals surface area contributed by atoms with Crippen LogP contribution in [-0.4, -0.2) is 41.0 Å². The van der Waals surface area contributed by atoms with Crippen LogP contribution in [0.4, 0.5) is 23.7 Å². The van der Waals surface area contributed by atoms with Crippen molar-refractivity contribution in [3.8, 4) is 0 Å². The summed E-state index contributed by atoms with van der Waals surface area (Å²) in [6.07, 6.45) is -3.59. The fourth-order valence-electron chi connectivity index (χ4n) is 2.41. The number of pyridine rings is 1. The predicted molar refractivity (Wildman–Crippen MR) is 76.6 cm³/mol. The van der Waals surface area contributed by atoms with Crippen LogP contribution in [0.2, 0.25) is 0 Å². The SMILES string of the molecule is CC(C)C1C(=O)NCCN1C(=O)Nc1ccc(C(F)(F)F)nc1. The summed E-state index contributed by atoms with van der Waals surface area (Å²) < 4.78 is 37.4. The first kappa shape index (κ1) is 17.0. The number of nitrogens with zero attached hydrogens (tertiary/aromatic N) is 2. The lowest BCUT2D eigenvalue weighted by atomic mass is 10.00. The van der Waals surface area contributed by atoms with Crippen LogP contribution < -0.4 is 10.6 Å². The monoisotopic (exact) mass is 330 g/mol. The van der Waals surface area contributed by atoms with Crippen LogP contribution in [0.3, 0.4) is 0 Å². The molecule has 1 aliphatic rings. The van der Waals surface area contributed by atoms with E-state index in [1.807, 2.05) is 13.8 Å². The summed E-state index contributed by atoms with van der Waals surface area (Å²) in [5.74, 6) is -0.335. The number of urea groups is 1. The molecule has 1 unspecified atom stereocenters. The third-order valence-electron chi connectivity index (χ3n) is 3.45. The van der Waals surface area contributed by atoms with E-state index in [0.717, 1.165) is 18.3 Å². The van der Waals surface area contributed by atoms with Crippen LogP contribution in [0.5, 0.6) is 0 Å². The molecule has 2 N–H and O–H groups in total. The Kier molecular flexibility index (Phi) is 4.76. The van der Waals surface area contributed by atoms with Crippen molar-refractivity contribution in [3.63, 3.8) is 0 Å². The Morgan fingerprint density at radius 1 is 1.43 bits per heavy atom. The van der Waals surface area contributed by atoms with Crippen molar-refractivity contribution >= 4 is 17.6 Å². The molecule has 0 saturated carbocycles. The smallest absolute Gasteiger partial charge is 0.353 e. The lowest BCUT2D eigenvalue weighted by molar-refractivity contribution is -0.141. The number of amides is 3. The van der Waals surface area contributed by atoms with Gasteiger partial charge in [-0.25, -0.2) is 9.78 Å². The van der Waals surface area contributed by atoms with Gasteiger partial charge in [-0.3, -0.25) is 4.79 Å². The topological polar surface area (TPSA) is 74.3 Å². The largest absolute Gasteiger partial charge is 0.433 e. The number of hydrogen-bond donors (Lipinski definition) is 2. The van der Waals surface area contributed by atoms with Crippen molar-refractivity contribution in [1.82, 2.24) is 15.2 Å². The van der Waals surface area contributed by atoms with Gasteiger partial charge in [0, 0.05) is 13.1 Å². The lowest BCUT2D eigenvalue weighted by Crippen LogP contribution is -2.60. The van der Waals surface area contributed by atoms with Gasteiger partial charge in [-0.15, -0.1) is 0 Å². The van der Waals surface area contributed by atoms with Crippen molar-refractivity contribution in [2.45, 2.75) is 26.1 Å². The zero-order chi connectivity index (χ0) is 17.2. The number of rotatable bonds is 2. The second kappa shape index (κ2) is 6.43. The summed E-state index contributed by atoms with van der Waals surface area (Å²) >= 11 is 0. The number of halogens is 3. The van der Waals surface area contributed by atoms with Crippen molar-refractivity contribution in [2.75, 3.05) is 18.4 Å². The van der Waals surface area contributed by atoms with Gasteiger partial charge >= 0.3 is 12.2 Å². The van der Waals surface area contributed by atoms with Gasteiger partial charge in [-0.05, 0) is 18.1 Å². The van der Waals surface area contributed by atoms with E-state index in [9.17, 15) is 22.8 Å². The molecule has 126 valence electrons. The normalized spacial score (nSPS) is 18.8. The maximum absolute atomic E-state index is 12.5. The van der Waals surface area contributed by atoms with Crippen LogP contribution >= 0.6 is 0 Å². The maximum Gasteiger partial charge on any atom is 0.433 e. The van der Waals surface area contributed by atoms with E-state index in [-0.39, 0.29) is 17.5 Å². The van der Waals surface area contributed by atoms with Crippen LogP contribution in [0.15, 0.2) is 18.3 Å². The van der Waals surface area contributed by atoms with Crippen molar-refractivity contribution in [1.29, 1.82) is 0 Å². The Bertz CT molecular complexity index is 587. The molecule has 0 aromatic carbocycles. The average Bonchev–Trinajstić information content (AvgIpc) is 2.46. The first-order chi connectivity index (χ1) is 10.7. The Hall–Kier alpha value is -2.32. The van der Waals surface area contributed by atoms with Gasteiger partial charge in [0.15, 0.2) is 0 Å². The number of anilines is 1. The summed E-state index contributed by atoms with van der Waals surface area (Å²) in [4.78, 5) is 28.8. The molecule has 2 rings (SSSR count). The van der Waals surface area contributed by atoms with Crippen LogP contribution in [-0.2, 0) is 11.0 Å². The zero-order valence-corrected chi connectivity index (χ0v) is 12.6. The molecule has 1 aromatic heterocycles. The third kappa shape index (κ3) is 3.91. The Morgan fingerprint density at radius 3 is 2.65 bits per heavy atom. The second-order valence-electron chi connectivity index (χ2n) is 5.53. The van der Waals surface area contributed by atoms with Crippen LogP contribution in [0, 0.1) is 5.92 Å². The van der Waals surface area contributed by atoms with Gasteiger partial charge in [0.05, 0.1) is 11.9 Å². The molecule has 3 amide bonds. The molecule has 1 saturated heterocycles. The molecule has 0 bridgehead atoms. The van der Waals surface area contributed by atoms with E-state index >= 15 is 0 Å². The Balaban J connectivity index is 2.10. The molecule has 2 heterocycles. The first-order valence-electron chi connectivity index (χ1n) is 7.08. The zero-order valence-electron chi connectivity index (χ0n) is 12.6. The summed E-state index contributed by atoms with van der Waals surface area (Å²) in [7, 11) is 0.